The molecule has 0 spiro atoms. The molecule has 2 heterocycles. The van der Waals surface area contributed by atoms with Crippen molar-refractivity contribution in [1.82, 2.24) is 15.5 Å². The first kappa shape index (κ1) is 21.9. The molecule has 1 aliphatic rings. The molecule has 0 saturated heterocycles. The average Bonchev–Trinajstić information content (AvgIpc) is 3.31. The largest absolute Gasteiger partial charge is 0.351 e. The molecule has 8 heteroatoms. The molecule has 0 radical (unpaired) electrons. The number of halogens is 2. The molecule has 0 fully saturated rings. The summed E-state index contributed by atoms with van der Waals surface area (Å²) in [6.07, 6.45) is 0. The molecule has 34 heavy (non-hydrogen) atoms. The van der Waals surface area contributed by atoms with Gasteiger partial charge in [-0.05, 0) is 73.6 Å². The third-order valence-corrected chi connectivity index (χ3v) is 6.09. The highest BCUT2D eigenvalue weighted by Crippen LogP contribution is 2.39. The van der Waals surface area contributed by atoms with E-state index in [0.29, 0.717) is 39.2 Å². The van der Waals surface area contributed by atoms with Crippen LogP contribution in [0.25, 0.3) is 17.0 Å². The van der Waals surface area contributed by atoms with Crippen LogP contribution in [0.1, 0.15) is 30.0 Å². The SMILES string of the molecule is CC1=C(c2nc(-c3ccc(F)cc3)no2)C(c2ccccc2)NC(=S)N1c1ccc(C)c(F)c1. The number of allylic oxidation sites excluding steroid dienone is 1. The minimum atomic E-state index is -0.359. The quantitative estimate of drug-likeness (QED) is 0.356. The summed E-state index contributed by atoms with van der Waals surface area (Å²) in [4.78, 5) is 6.36. The monoisotopic (exact) mass is 474 g/mol. The molecule has 1 N–H and O–H groups in total. The second-order valence-electron chi connectivity index (χ2n) is 7.99. The fourth-order valence-electron chi connectivity index (χ4n) is 4.00. The normalized spacial score (nSPS) is 16.1. The van der Waals surface area contributed by atoms with E-state index in [1.54, 1.807) is 30.0 Å². The standard InChI is InChI=1S/C26H20F2N4OS/c1-15-8-13-20(14-21(15)28)32-16(2)22(23(29-26(32)34)17-6-4-3-5-7-17)25-30-24(31-33-25)18-9-11-19(27)12-10-18/h3-14,23H,1-2H3,(H,29,34). The lowest BCUT2D eigenvalue weighted by atomic mass is 9.94. The van der Waals surface area contributed by atoms with Gasteiger partial charge in [-0.2, -0.15) is 4.98 Å². The van der Waals surface area contributed by atoms with Crippen LogP contribution in [0.4, 0.5) is 14.5 Å². The van der Waals surface area contributed by atoms with Crippen LogP contribution in [0.15, 0.2) is 83.0 Å². The van der Waals surface area contributed by atoms with Gasteiger partial charge in [-0.3, -0.25) is 4.90 Å². The number of rotatable bonds is 4. The van der Waals surface area contributed by atoms with Crippen LogP contribution in [-0.4, -0.2) is 15.3 Å². The van der Waals surface area contributed by atoms with E-state index in [0.717, 1.165) is 11.3 Å². The molecule has 1 aliphatic heterocycles. The molecule has 0 amide bonds. The van der Waals surface area contributed by atoms with Crippen LogP contribution < -0.4 is 10.2 Å². The Bertz CT molecular complexity index is 1400. The maximum Gasteiger partial charge on any atom is 0.258 e. The van der Waals surface area contributed by atoms with Gasteiger partial charge in [-0.15, -0.1) is 0 Å². The second-order valence-corrected chi connectivity index (χ2v) is 8.38. The van der Waals surface area contributed by atoms with Crippen LogP contribution >= 0.6 is 12.2 Å². The van der Waals surface area contributed by atoms with Gasteiger partial charge in [-0.25, -0.2) is 8.78 Å². The highest BCUT2D eigenvalue weighted by atomic mass is 32.1. The van der Waals surface area contributed by atoms with E-state index in [1.165, 1.54) is 18.2 Å². The predicted molar refractivity (Wildman–Crippen MR) is 131 cm³/mol. The van der Waals surface area contributed by atoms with Crippen molar-refractivity contribution in [1.29, 1.82) is 0 Å². The van der Waals surface area contributed by atoms with E-state index in [-0.39, 0.29) is 17.7 Å². The van der Waals surface area contributed by atoms with Gasteiger partial charge in [0.05, 0.1) is 17.3 Å². The lowest BCUT2D eigenvalue weighted by Crippen LogP contribution is -2.46. The number of aromatic nitrogens is 2. The third kappa shape index (κ3) is 3.97. The summed E-state index contributed by atoms with van der Waals surface area (Å²) < 4.78 is 33.4. The summed E-state index contributed by atoms with van der Waals surface area (Å²) in [7, 11) is 0. The van der Waals surface area contributed by atoms with E-state index in [1.807, 2.05) is 43.3 Å². The number of nitrogens with zero attached hydrogens (tertiary/aromatic N) is 3. The number of hydrogen-bond donors (Lipinski definition) is 1. The highest BCUT2D eigenvalue weighted by Gasteiger charge is 2.34. The summed E-state index contributed by atoms with van der Waals surface area (Å²) in [5.74, 6) is -0.0428. The zero-order valence-electron chi connectivity index (χ0n) is 18.4. The Balaban J connectivity index is 1.65. The second kappa shape index (κ2) is 8.79. The first-order valence-corrected chi connectivity index (χ1v) is 11.1. The van der Waals surface area contributed by atoms with Crippen molar-refractivity contribution in [3.63, 3.8) is 0 Å². The molecule has 4 aromatic rings. The molecular formula is C26H20F2N4OS. The minimum absolute atomic E-state index is 0.290. The lowest BCUT2D eigenvalue weighted by molar-refractivity contribution is 0.404. The van der Waals surface area contributed by atoms with Crippen LogP contribution in [-0.2, 0) is 0 Å². The summed E-state index contributed by atoms with van der Waals surface area (Å²) in [6, 6.07) is 20.3. The highest BCUT2D eigenvalue weighted by molar-refractivity contribution is 7.80. The molecule has 0 aliphatic carbocycles. The van der Waals surface area contributed by atoms with Gasteiger partial charge < -0.3 is 9.84 Å². The van der Waals surface area contributed by atoms with Crippen molar-refractivity contribution >= 4 is 28.6 Å². The lowest BCUT2D eigenvalue weighted by Gasteiger charge is -2.37. The molecule has 1 unspecified atom stereocenters. The summed E-state index contributed by atoms with van der Waals surface area (Å²) in [5, 5.41) is 7.89. The van der Waals surface area contributed by atoms with Crippen LogP contribution in [0.2, 0.25) is 0 Å². The van der Waals surface area contributed by atoms with Crippen LogP contribution in [0.3, 0.4) is 0 Å². The van der Waals surface area contributed by atoms with E-state index in [4.69, 9.17) is 16.7 Å². The van der Waals surface area contributed by atoms with Gasteiger partial charge in [0.25, 0.3) is 5.89 Å². The summed E-state index contributed by atoms with van der Waals surface area (Å²) in [6.45, 7) is 3.60. The molecule has 170 valence electrons. The number of benzene rings is 3. The van der Waals surface area contributed by atoms with Crippen LogP contribution in [0, 0.1) is 18.6 Å². The maximum atomic E-state index is 14.4. The predicted octanol–water partition coefficient (Wildman–Crippen LogP) is 6.19. The fourth-order valence-corrected chi connectivity index (χ4v) is 4.36. The Morgan fingerprint density at radius 2 is 1.71 bits per heavy atom. The van der Waals surface area contributed by atoms with E-state index < -0.39 is 0 Å². The minimum Gasteiger partial charge on any atom is -0.351 e. The number of thiocarbonyl (C=S) groups is 1. The van der Waals surface area contributed by atoms with Crippen LogP contribution in [0.5, 0.6) is 0 Å². The fraction of sp³-hybridized carbons (Fsp3) is 0.115. The topological polar surface area (TPSA) is 54.2 Å². The zero-order chi connectivity index (χ0) is 23.8. The first-order chi connectivity index (χ1) is 16.4. The van der Waals surface area contributed by atoms with Gasteiger partial charge in [0, 0.05) is 11.3 Å². The Morgan fingerprint density at radius 1 is 0.971 bits per heavy atom. The van der Waals surface area contributed by atoms with Crippen molar-refractivity contribution in [2.24, 2.45) is 0 Å². The maximum absolute atomic E-state index is 14.4. The number of anilines is 1. The summed E-state index contributed by atoms with van der Waals surface area (Å²) in [5.41, 5.74) is 4.15. The Hall–Kier alpha value is -3.91. The molecule has 0 bridgehead atoms. The molecular weight excluding hydrogens is 454 g/mol. The Kier molecular flexibility index (Phi) is 5.67. The van der Waals surface area contributed by atoms with E-state index >= 15 is 0 Å². The Labute approximate surface area is 200 Å². The van der Waals surface area contributed by atoms with Crippen molar-refractivity contribution in [2.75, 3.05) is 4.90 Å². The zero-order valence-corrected chi connectivity index (χ0v) is 19.2. The van der Waals surface area contributed by atoms with Crippen molar-refractivity contribution < 1.29 is 13.3 Å². The first-order valence-electron chi connectivity index (χ1n) is 10.6. The van der Waals surface area contributed by atoms with Gasteiger partial charge in [-0.1, -0.05) is 41.6 Å². The Morgan fingerprint density at radius 3 is 2.41 bits per heavy atom. The molecule has 1 aromatic heterocycles. The smallest absolute Gasteiger partial charge is 0.258 e. The molecule has 3 aromatic carbocycles. The third-order valence-electron chi connectivity index (χ3n) is 5.79. The van der Waals surface area contributed by atoms with Gasteiger partial charge in [0.2, 0.25) is 5.82 Å². The average molecular weight is 475 g/mol. The van der Waals surface area contributed by atoms with Crippen molar-refractivity contribution in [2.45, 2.75) is 19.9 Å². The van der Waals surface area contributed by atoms with Crippen molar-refractivity contribution in [3.05, 3.63) is 107 Å². The van der Waals surface area contributed by atoms with Gasteiger partial charge >= 0.3 is 0 Å². The number of hydrogen-bond acceptors (Lipinski definition) is 4. The molecule has 0 saturated carbocycles. The summed E-state index contributed by atoms with van der Waals surface area (Å²) >= 11 is 5.69. The molecule has 5 rings (SSSR count). The molecule has 5 nitrogen and oxygen atoms in total. The molecule has 1 atom stereocenters. The van der Waals surface area contributed by atoms with Gasteiger partial charge in [0.15, 0.2) is 5.11 Å². The van der Waals surface area contributed by atoms with E-state index in [2.05, 4.69) is 15.5 Å². The van der Waals surface area contributed by atoms with Gasteiger partial charge in [0.1, 0.15) is 11.6 Å². The number of aryl methyl sites for hydroxylation is 1. The van der Waals surface area contributed by atoms with E-state index in [9.17, 15) is 8.78 Å². The number of nitrogens with one attached hydrogen (secondary N) is 1. The van der Waals surface area contributed by atoms with Crippen molar-refractivity contribution in [3.8, 4) is 11.4 Å².